The SMILES string of the molecule is C/C=C\C(C)N(C)Cc1ccccc1. The number of rotatable bonds is 4. The molecular formula is C13H19N. The quantitative estimate of drug-likeness (QED) is 0.658. The van der Waals surface area contributed by atoms with Crippen molar-refractivity contribution < 1.29 is 0 Å². The number of hydrogen-bond donors (Lipinski definition) is 0. The molecule has 0 aliphatic carbocycles. The van der Waals surface area contributed by atoms with Gasteiger partial charge in [0.2, 0.25) is 0 Å². The van der Waals surface area contributed by atoms with Crippen molar-refractivity contribution in [3.05, 3.63) is 48.0 Å². The van der Waals surface area contributed by atoms with Gasteiger partial charge >= 0.3 is 0 Å². The molecule has 0 aliphatic heterocycles. The van der Waals surface area contributed by atoms with Crippen LogP contribution in [0.1, 0.15) is 19.4 Å². The van der Waals surface area contributed by atoms with Crippen LogP contribution in [-0.2, 0) is 6.54 Å². The molecule has 0 aromatic heterocycles. The Morgan fingerprint density at radius 1 is 1.29 bits per heavy atom. The lowest BCUT2D eigenvalue weighted by atomic mass is 10.2. The molecule has 0 saturated carbocycles. The fourth-order valence-electron chi connectivity index (χ4n) is 1.44. The van der Waals surface area contributed by atoms with Crippen LogP contribution in [0.2, 0.25) is 0 Å². The summed E-state index contributed by atoms with van der Waals surface area (Å²) in [5.41, 5.74) is 1.37. The third kappa shape index (κ3) is 3.35. The van der Waals surface area contributed by atoms with E-state index in [0.717, 1.165) is 6.54 Å². The second kappa shape index (κ2) is 5.61. The first-order valence-electron chi connectivity index (χ1n) is 5.11. The van der Waals surface area contributed by atoms with Crippen LogP contribution in [-0.4, -0.2) is 18.0 Å². The summed E-state index contributed by atoms with van der Waals surface area (Å²) in [7, 11) is 2.15. The molecule has 0 spiro atoms. The molecule has 0 amide bonds. The Labute approximate surface area is 87.1 Å². The van der Waals surface area contributed by atoms with Gasteiger partial charge in [-0.2, -0.15) is 0 Å². The van der Waals surface area contributed by atoms with E-state index in [-0.39, 0.29) is 0 Å². The van der Waals surface area contributed by atoms with Crippen LogP contribution < -0.4 is 0 Å². The molecule has 0 N–H and O–H groups in total. The van der Waals surface area contributed by atoms with Crippen molar-refractivity contribution in [1.82, 2.24) is 4.90 Å². The molecule has 1 atom stereocenters. The van der Waals surface area contributed by atoms with Crippen molar-refractivity contribution in [2.75, 3.05) is 7.05 Å². The summed E-state index contributed by atoms with van der Waals surface area (Å²) in [6.45, 7) is 5.28. The topological polar surface area (TPSA) is 3.24 Å². The lowest BCUT2D eigenvalue weighted by Crippen LogP contribution is -2.26. The molecule has 0 bridgehead atoms. The smallest absolute Gasteiger partial charge is 0.0250 e. The third-order valence-corrected chi connectivity index (χ3v) is 2.44. The molecule has 1 aromatic rings. The van der Waals surface area contributed by atoms with Crippen LogP contribution in [0, 0.1) is 0 Å². The number of allylic oxidation sites excluding steroid dienone is 1. The minimum atomic E-state index is 0.500. The fraction of sp³-hybridized carbons (Fsp3) is 0.385. The van der Waals surface area contributed by atoms with Crippen LogP contribution in [0.25, 0.3) is 0 Å². The summed E-state index contributed by atoms with van der Waals surface area (Å²) in [5, 5.41) is 0. The molecule has 76 valence electrons. The van der Waals surface area contributed by atoms with E-state index in [1.54, 1.807) is 0 Å². The number of likely N-dealkylation sites (N-methyl/N-ethyl adjacent to an activating group) is 1. The van der Waals surface area contributed by atoms with Crippen molar-refractivity contribution in [1.29, 1.82) is 0 Å². The Kier molecular flexibility index (Phi) is 4.41. The Bertz CT molecular complexity index is 277. The van der Waals surface area contributed by atoms with Gasteiger partial charge in [0, 0.05) is 12.6 Å². The highest BCUT2D eigenvalue weighted by molar-refractivity contribution is 5.14. The van der Waals surface area contributed by atoms with Gasteiger partial charge in [-0.1, -0.05) is 42.5 Å². The maximum Gasteiger partial charge on any atom is 0.0250 e. The van der Waals surface area contributed by atoms with E-state index in [9.17, 15) is 0 Å². The Morgan fingerprint density at radius 2 is 1.93 bits per heavy atom. The first-order chi connectivity index (χ1) is 6.74. The lowest BCUT2D eigenvalue weighted by molar-refractivity contribution is 0.289. The van der Waals surface area contributed by atoms with Gasteiger partial charge in [-0.3, -0.25) is 4.90 Å². The van der Waals surface area contributed by atoms with Crippen LogP contribution in [0.3, 0.4) is 0 Å². The largest absolute Gasteiger partial charge is 0.296 e. The van der Waals surface area contributed by atoms with E-state index in [2.05, 4.69) is 68.3 Å². The number of benzene rings is 1. The van der Waals surface area contributed by atoms with Gasteiger partial charge in [0.25, 0.3) is 0 Å². The Hall–Kier alpha value is -1.08. The molecule has 0 heterocycles. The Morgan fingerprint density at radius 3 is 2.50 bits per heavy atom. The minimum absolute atomic E-state index is 0.500. The molecule has 1 unspecified atom stereocenters. The van der Waals surface area contributed by atoms with Gasteiger partial charge in [0.15, 0.2) is 0 Å². The van der Waals surface area contributed by atoms with E-state index >= 15 is 0 Å². The average Bonchev–Trinajstić information content (AvgIpc) is 2.19. The molecule has 1 heteroatoms. The molecule has 1 rings (SSSR count). The zero-order valence-corrected chi connectivity index (χ0v) is 9.27. The summed E-state index contributed by atoms with van der Waals surface area (Å²) < 4.78 is 0. The second-order valence-corrected chi connectivity index (χ2v) is 3.67. The molecular weight excluding hydrogens is 170 g/mol. The second-order valence-electron chi connectivity index (χ2n) is 3.67. The number of nitrogens with zero attached hydrogens (tertiary/aromatic N) is 1. The normalized spacial score (nSPS) is 13.7. The lowest BCUT2D eigenvalue weighted by Gasteiger charge is -2.21. The highest BCUT2D eigenvalue weighted by Crippen LogP contribution is 2.06. The van der Waals surface area contributed by atoms with Crippen molar-refractivity contribution in [3.8, 4) is 0 Å². The summed E-state index contributed by atoms with van der Waals surface area (Å²) in [4.78, 5) is 2.33. The predicted octanol–water partition coefficient (Wildman–Crippen LogP) is 3.08. The highest BCUT2D eigenvalue weighted by atomic mass is 15.1. The molecule has 0 fully saturated rings. The summed E-state index contributed by atoms with van der Waals surface area (Å²) in [6, 6.07) is 11.1. The predicted molar refractivity (Wildman–Crippen MR) is 62.2 cm³/mol. The van der Waals surface area contributed by atoms with Crippen LogP contribution in [0.4, 0.5) is 0 Å². The van der Waals surface area contributed by atoms with Crippen LogP contribution in [0.5, 0.6) is 0 Å². The minimum Gasteiger partial charge on any atom is -0.296 e. The Balaban J connectivity index is 2.52. The third-order valence-electron chi connectivity index (χ3n) is 2.44. The summed E-state index contributed by atoms with van der Waals surface area (Å²) in [5.74, 6) is 0. The highest BCUT2D eigenvalue weighted by Gasteiger charge is 2.04. The van der Waals surface area contributed by atoms with Gasteiger partial charge < -0.3 is 0 Å². The first kappa shape index (κ1) is 11.0. The van der Waals surface area contributed by atoms with Crippen molar-refractivity contribution in [2.45, 2.75) is 26.4 Å². The number of hydrogen-bond acceptors (Lipinski definition) is 1. The van der Waals surface area contributed by atoms with Crippen molar-refractivity contribution >= 4 is 0 Å². The van der Waals surface area contributed by atoms with Gasteiger partial charge in [-0.05, 0) is 26.5 Å². The van der Waals surface area contributed by atoms with Gasteiger partial charge in [-0.25, -0.2) is 0 Å². The molecule has 0 radical (unpaired) electrons. The van der Waals surface area contributed by atoms with E-state index in [1.165, 1.54) is 5.56 Å². The molecule has 14 heavy (non-hydrogen) atoms. The maximum atomic E-state index is 2.33. The van der Waals surface area contributed by atoms with Gasteiger partial charge in [0.1, 0.15) is 0 Å². The zero-order valence-electron chi connectivity index (χ0n) is 9.27. The average molecular weight is 189 g/mol. The molecule has 0 aliphatic rings. The molecule has 0 saturated heterocycles. The zero-order chi connectivity index (χ0) is 10.4. The van der Waals surface area contributed by atoms with Crippen LogP contribution >= 0.6 is 0 Å². The van der Waals surface area contributed by atoms with Crippen molar-refractivity contribution in [3.63, 3.8) is 0 Å². The maximum absolute atomic E-state index is 2.33. The fourth-order valence-corrected chi connectivity index (χ4v) is 1.44. The van der Waals surface area contributed by atoms with E-state index < -0.39 is 0 Å². The van der Waals surface area contributed by atoms with Gasteiger partial charge in [0.05, 0.1) is 0 Å². The van der Waals surface area contributed by atoms with Crippen LogP contribution in [0.15, 0.2) is 42.5 Å². The molecule has 1 aromatic carbocycles. The monoisotopic (exact) mass is 189 g/mol. The standard InChI is InChI=1S/C13H19N/c1-4-8-12(2)14(3)11-13-9-6-5-7-10-13/h4-10,12H,11H2,1-3H3/b8-4-. The van der Waals surface area contributed by atoms with Gasteiger partial charge in [-0.15, -0.1) is 0 Å². The van der Waals surface area contributed by atoms with E-state index in [4.69, 9.17) is 0 Å². The first-order valence-corrected chi connectivity index (χ1v) is 5.11. The summed E-state index contributed by atoms with van der Waals surface area (Å²) >= 11 is 0. The van der Waals surface area contributed by atoms with E-state index in [0.29, 0.717) is 6.04 Å². The van der Waals surface area contributed by atoms with Crippen molar-refractivity contribution in [2.24, 2.45) is 0 Å². The molecule has 1 nitrogen and oxygen atoms in total. The summed E-state index contributed by atoms with van der Waals surface area (Å²) in [6.07, 6.45) is 4.31. The van der Waals surface area contributed by atoms with E-state index in [1.807, 2.05) is 0 Å².